The number of carbonyl (C=O) groups excluding carboxylic acids is 2. The number of hydrogen-bond donors (Lipinski definition) is 2. The molecule has 2 aromatic carbocycles. The molecular weight excluding hydrogens is 356 g/mol. The Balaban J connectivity index is 1.93. The van der Waals surface area contributed by atoms with Crippen LogP contribution in [0.25, 0.3) is 6.08 Å². The Morgan fingerprint density at radius 3 is 2.62 bits per heavy atom. The molecule has 1 heterocycles. The molecule has 1 aliphatic rings. The van der Waals surface area contributed by atoms with E-state index in [2.05, 4.69) is 10.3 Å². The fourth-order valence-corrected chi connectivity index (χ4v) is 3.11. The second-order valence-corrected chi connectivity index (χ2v) is 6.21. The van der Waals surface area contributed by atoms with Gasteiger partial charge in [-0.05, 0) is 36.0 Å². The van der Waals surface area contributed by atoms with Gasteiger partial charge in [-0.15, -0.1) is 0 Å². The highest BCUT2D eigenvalue weighted by Crippen LogP contribution is 2.31. The van der Waals surface area contributed by atoms with Gasteiger partial charge < -0.3 is 11.1 Å². The predicted octanol–water partition coefficient (Wildman–Crippen LogP) is 2.59. The quantitative estimate of drug-likeness (QED) is 0.487. The Kier molecular flexibility index (Phi) is 4.81. The molecule has 1 saturated heterocycles. The molecule has 0 radical (unpaired) electrons. The van der Waals surface area contributed by atoms with E-state index >= 15 is 0 Å². The zero-order valence-corrected chi connectivity index (χ0v) is 14.0. The second-order valence-electron chi connectivity index (χ2n) is 5.18. The molecule has 8 nitrogen and oxygen atoms in total. The summed E-state index contributed by atoms with van der Waals surface area (Å²) in [4.78, 5) is 38.7. The number of nitro groups is 1. The number of nitro benzene ring substituents is 1. The second kappa shape index (κ2) is 7.19. The van der Waals surface area contributed by atoms with E-state index in [-0.39, 0.29) is 21.3 Å². The van der Waals surface area contributed by atoms with Gasteiger partial charge >= 0.3 is 0 Å². The predicted molar refractivity (Wildman–Crippen MR) is 98.9 cm³/mol. The summed E-state index contributed by atoms with van der Waals surface area (Å²) in [6, 6.07) is 12.6. The minimum atomic E-state index is -0.630. The van der Waals surface area contributed by atoms with E-state index in [4.69, 9.17) is 5.73 Å². The van der Waals surface area contributed by atoms with E-state index in [0.29, 0.717) is 11.3 Å². The molecule has 9 heteroatoms. The number of amidine groups is 1. The minimum absolute atomic E-state index is 0.0992. The van der Waals surface area contributed by atoms with Gasteiger partial charge in [-0.3, -0.25) is 19.7 Å². The number of nitrogens with one attached hydrogen (secondary N) is 1. The molecule has 1 fully saturated rings. The largest absolute Gasteiger partial charge is 0.366 e. The number of thioether (sulfide) groups is 1. The zero-order valence-electron chi connectivity index (χ0n) is 13.2. The number of nitrogens with two attached hydrogens (primary N) is 1. The summed E-state index contributed by atoms with van der Waals surface area (Å²) in [5, 5.41) is 13.9. The van der Waals surface area contributed by atoms with Crippen molar-refractivity contribution in [1.82, 2.24) is 5.32 Å². The maximum Gasteiger partial charge on any atom is 0.276 e. The number of amides is 2. The van der Waals surface area contributed by atoms with Crippen LogP contribution in [-0.4, -0.2) is 21.9 Å². The number of carbonyl (C=O) groups is 2. The molecule has 2 amide bonds. The van der Waals surface area contributed by atoms with Crippen molar-refractivity contribution < 1.29 is 14.5 Å². The number of aliphatic imine (C=N–C) groups is 1. The lowest BCUT2D eigenvalue weighted by Crippen LogP contribution is -2.19. The average molecular weight is 368 g/mol. The number of nitrogens with zero attached hydrogens (tertiary/aromatic N) is 2. The zero-order chi connectivity index (χ0) is 18.7. The van der Waals surface area contributed by atoms with Crippen LogP contribution < -0.4 is 11.1 Å². The van der Waals surface area contributed by atoms with Crippen molar-refractivity contribution >= 4 is 46.2 Å². The first kappa shape index (κ1) is 17.4. The standard InChI is InChI=1S/C17H12N4O4S/c18-15(22)11-6-2-3-7-12(11)19-17-20-16(23)14(26-17)9-10-5-1-4-8-13(10)21(24)25/h1-9H,(H2,18,22)(H,19,20,23)/b14-9-. The fraction of sp³-hybridized carbons (Fsp3) is 0. The van der Waals surface area contributed by atoms with Crippen molar-refractivity contribution in [2.45, 2.75) is 0 Å². The third-order valence-corrected chi connectivity index (χ3v) is 4.37. The summed E-state index contributed by atoms with van der Waals surface area (Å²) >= 11 is 1.03. The number of primary amides is 1. The summed E-state index contributed by atoms with van der Waals surface area (Å²) in [7, 11) is 0. The number of hydrogen-bond acceptors (Lipinski definition) is 6. The normalized spacial score (nSPS) is 16.7. The highest BCUT2D eigenvalue weighted by Gasteiger charge is 2.25. The van der Waals surface area contributed by atoms with Crippen LogP contribution in [0.3, 0.4) is 0 Å². The summed E-state index contributed by atoms with van der Waals surface area (Å²) < 4.78 is 0. The lowest BCUT2D eigenvalue weighted by atomic mass is 10.1. The van der Waals surface area contributed by atoms with Crippen molar-refractivity contribution in [2.24, 2.45) is 10.7 Å². The van der Waals surface area contributed by atoms with E-state index in [0.717, 1.165) is 11.8 Å². The first-order valence-electron chi connectivity index (χ1n) is 7.37. The van der Waals surface area contributed by atoms with E-state index in [9.17, 15) is 19.7 Å². The van der Waals surface area contributed by atoms with Crippen LogP contribution in [0.4, 0.5) is 11.4 Å². The molecule has 3 N–H and O–H groups in total. The molecular formula is C17H12N4O4S. The van der Waals surface area contributed by atoms with Gasteiger partial charge in [0.25, 0.3) is 17.5 Å². The number of rotatable bonds is 4. The van der Waals surface area contributed by atoms with E-state index < -0.39 is 16.7 Å². The summed E-state index contributed by atoms with van der Waals surface area (Å²) in [6.07, 6.45) is 1.43. The summed E-state index contributed by atoms with van der Waals surface area (Å²) in [5.41, 5.74) is 6.08. The maximum absolute atomic E-state index is 12.1. The van der Waals surface area contributed by atoms with Gasteiger partial charge in [-0.25, -0.2) is 4.99 Å². The lowest BCUT2D eigenvalue weighted by Gasteiger charge is -2.01. The van der Waals surface area contributed by atoms with Crippen LogP contribution in [0.1, 0.15) is 15.9 Å². The van der Waals surface area contributed by atoms with Crippen LogP contribution in [0.15, 0.2) is 58.4 Å². The molecule has 0 aromatic heterocycles. The Labute approximate surface area is 152 Å². The molecule has 1 aliphatic heterocycles. The third kappa shape index (κ3) is 3.62. The van der Waals surface area contributed by atoms with Crippen molar-refractivity contribution in [3.63, 3.8) is 0 Å². The SMILES string of the molecule is NC(=O)c1ccccc1N=C1NC(=O)/C(=C/c2ccccc2[N+](=O)[O-])S1. The Morgan fingerprint density at radius 1 is 1.19 bits per heavy atom. The van der Waals surface area contributed by atoms with Gasteiger partial charge in [0, 0.05) is 6.07 Å². The Bertz CT molecular complexity index is 984. The molecule has 0 saturated carbocycles. The van der Waals surface area contributed by atoms with Crippen LogP contribution >= 0.6 is 11.8 Å². The van der Waals surface area contributed by atoms with Crippen molar-refractivity contribution in [3.8, 4) is 0 Å². The van der Waals surface area contributed by atoms with E-state index in [1.54, 1.807) is 36.4 Å². The molecule has 0 atom stereocenters. The maximum atomic E-state index is 12.1. The molecule has 0 unspecified atom stereocenters. The van der Waals surface area contributed by atoms with Gasteiger partial charge in [0.15, 0.2) is 5.17 Å². The first-order chi connectivity index (χ1) is 12.5. The molecule has 0 spiro atoms. The molecule has 0 bridgehead atoms. The van der Waals surface area contributed by atoms with Crippen molar-refractivity contribution in [3.05, 3.63) is 74.7 Å². The molecule has 2 aromatic rings. The average Bonchev–Trinajstić information content (AvgIpc) is 2.94. The van der Waals surface area contributed by atoms with E-state index in [1.807, 2.05) is 0 Å². The Morgan fingerprint density at radius 2 is 1.88 bits per heavy atom. The summed E-state index contributed by atoms with van der Waals surface area (Å²) in [5.74, 6) is -1.06. The monoisotopic (exact) mass is 368 g/mol. The fourth-order valence-electron chi connectivity index (χ4n) is 2.29. The first-order valence-corrected chi connectivity index (χ1v) is 8.19. The molecule has 26 heavy (non-hydrogen) atoms. The van der Waals surface area contributed by atoms with Gasteiger partial charge in [0.1, 0.15) is 0 Å². The van der Waals surface area contributed by atoms with Gasteiger partial charge in [0.2, 0.25) is 0 Å². The topological polar surface area (TPSA) is 128 Å². The summed E-state index contributed by atoms with van der Waals surface area (Å²) in [6.45, 7) is 0. The lowest BCUT2D eigenvalue weighted by molar-refractivity contribution is -0.385. The molecule has 0 aliphatic carbocycles. The van der Waals surface area contributed by atoms with Gasteiger partial charge in [-0.2, -0.15) is 0 Å². The van der Waals surface area contributed by atoms with Crippen LogP contribution in [-0.2, 0) is 4.79 Å². The number of para-hydroxylation sites is 2. The van der Waals surface area contributed by atoms with Crippen molar-refractivity contribution in [1.29, 1.82) is 0 Å². The van der Waals surface area contributed by atoms with E-state index in [1.165, 1.54) is 18.2 Å². The smallest absolute Gasteiger partial charge is 0.276 e. The molecule has 3 rings (SSSR count). The minimum Gasteiger partial charge on any atom is -0.366 e. The Hall–Kier alpha value is -3.46. The van der Waals surface area contributed by atoms with Crippen LogP contribution in [0.5, 0.6) is 0 Å². The van der Waals surface area contributed by atoms with Crippen LogP contribution in [0, 0.1) is 10.1 Å². The van der Waals surface area contributed by atoms with Gasteiger partial charge in [-0.1, -0.05) is 24.3 Å². The highest BCUT2D eigenvalue weighted by molar-refractivity contribution is 8.18. The van der Waals surface area contributed by atoms with Gasteiger partial charge in [0.05, 0.1) is 26.6 Å². The number of benzene rings is 2. The highest BCUT2D eigenvalue weighted by atomic mass is 32.2. The van der Waals surface area contributed by atoms with Crippen LogP contribution in [0.2, 0.25) is 0 Å². The molecule has 130 valence electrons. The third-order valence-electron chi connectivity index (χ3n) is 3.46. The van der Waals surface area contributed by atoms with Crippen molar-refractivity contribution in [2.75, 3.05) is 0 Å².